The van der Waals surface area contributed by atoms with Gasteiger partial charge in [0.05, 0.1) is 42.5 Å². The van der Waals surface area contributed by atoms with E-state index < -0.39 is 0 Å². The van der Waals surface area contributed by atoms with Gasteiger partial charge in [-0.25, -0.2) is 14.6 Å². The predicted molar refractivity (Wildman–Crippen MR) is 144 cm³/mol. The number of nitriles is 1. The quantitative estimate of drug-likeness (QED) is 0.330. The third-order valence-corrected chi connectivity index (χ3v) is 7.66. The molecule has 1 atom stereocenters. The van der Waals surface area contributed by atoms with Gasteiger partial charge in [0, 0.05) is 29.8 Å². The van der Waals surface area contributed by atoms with Crippen molar-refractivity contribution in [1.29, 1.82) is 5.26 Å². The number of ether oxygens (including phenoxy) is 1. The minimum absolute atomic E-state index is 0.410. The predicted octanol–water partition coefficient (Wildman–Crippen LogP) is 4.74. The molecule has 5 aromatic rings. The Morgan fingerprint density at radius 2 is 1.95 bits per heavy atom. The molecule has 1 unspecified atom stereocenters. The molecule has 1 saturated heterocycles. The minimum Gasteiger partial charge on any atom is -0.491 e. The molecule has 9 nitrogen and oxygen atoms in total. The molecular formula is C29H28N8O. The summed E-state index contributed by atoms with van der Waals surface area (Å²) in [6.07, 6.45) is 10.2. The van der Waals surface area contributed by atoms with Crippen molar-refractivity contribution in [3.63, 3.8) is 0 Å². The van der Waals surface area contributed by atoms with E-state index in [-0.39, 0.29) is 0 Å². The highest BCUT2D eigenvalue weighted by Gasteiger charge is 2.28. The summed E-state index contributed by atoms with van der Waals surface area (Å²) < 4.78 is 10.5. The number of fused-ring (bicyclic) bond motifs is 2. The van der Waals surface area contributed by atoms with Gasteiger partial charge in [-0.1, -0.05) is 17.3 Å². The fourth-order valence-electron chi connectivity index (χ4n) is 5.56. The van der Waals surface area contributed by atoms with E-state index in [2.05, 4.69) is 49.8 Å². The maximum atomic E-state index is 9.34. The summed E-state index contributed by atoms with van der Waals surface area (Å²) in [7, 11) is 2.17. The van der Waals surface area contributed by atoms with Gasteiger partial charge in [0.15, 0.2) is 5.65 Å². The Morgan fingerprint density at radius 1 is 1.08 bits per heavy atom. The first-order valence-electron chi connectivity index (χ1n) is 13.2. The minimum atomic E-state index is 0.410. The van der Waals surface area contributed by atoms with E-state index in [0.29, 0.717) is 24.1 Å². The van der Waals surface area contributed by atoms with Crippen LogP contribution in [-0.2, 0) is 0 Å². The lowest BCUT2D eigenvalue weighted by Gasteiger charge is -2.29. The standard InChI is InChI=1S/C29H28N8O/c1-35-10-2-3-20(16-35)17-38-27-12-24(21-6-4-19(13-30)5-7-21)28(36-18-31-15-26(27)36)22-11-25-29(32-14-22)37(34-33-25)23-8-9-23/h4-7,11-12,14-15,18,20,23H,2-3,8-10,16-17H2,1H3. The number of hydrogen-bond acceptors (Lipinski definition) is 7. The van der Waals surface area contributed by atoms with E-state index in [1.807, 2.05) is 47.7 Å². The van der Waals surface area contributed by atoms with Gasteiger partial charge in [-0.3, -0.25) is 4.40 Å². The van der Waals surface area contributed by atoms with Crippen molar-refractivity contribution >= 4 is 16.7 Å². The number of likely N-dealkylation sites (tertiary alicyclic amines) is 1. The van der Waals surface area contributed by atoms with Crippen molar-refractivity contribution in [2.75, 3.05) is 26.7 Å². The van der Waals surface area contributed by atoms with Crippen LogP contribution in [-0.4, -0.2) is 61.0 Å². The number of benzene rings is 1. The molecule has 1 aromatic carbocycles. The van der Waals surface area contributed by atoms with Crippen molar-refractivity contribution in [2.45, 2.75) is 31.7 Å². The van der Waals surface area contributed by atoms with E-state index in [0.717, 1.165) is 70.7 Å². The summed E-state index contributed by atoms with van der Waals surface area (Å²) >= 11 is 0. The first-order valence-corrected chi connectivity index (χ1v) is 13.2. The molecule has 9 heteroatoms. The van der Waals surface area contributed by atoms with Gasteiger partial charge >= 0.3 is 0 Å². The van der Waals surface area contributed by atoms with Crippen LogP contribution in [0.3, 0.4) is 0 Å². The Hall–Kier alpha value is -4.29. The lowest BCUT2D eigenvalue weighted by molar-refractivity contribution is 0.151. The number of nitrogens with zero attached hydrogens (tertiary/aromatic N) is 8. The average Bonchev–Trinajstić information content (AvgIpc) is 3.51. The summed E-state index contributed by atoms with van der Waals surface area (Å²) in [5, 5.41) is 18.1. The van der Waals surface area contributed by atoms with Crippen LogP contribution in [0.25, 0.3) is 39.1 Å². The maximum absolute atomic E-state index is 9.34. The molecule has 0 radical (unpaired) electrons. The summed E-state index contributed by atoms with van der Waals surface area (Å²) in [5.41, 5.74) is 6.95. The second-order valence-electron chi connectivity index (χ2n) is 10.5. The molecule has 2 fully saturated rings. The average molecular weight is 505 g/mol. The smallest absolute Gasteiger partial charge is 0.178 e. The zero-order valence-electron chi connectivity index (χ0n) is 21.3. The normalized spacial score (nSPS) is 18.2. The van der Waals surface area contributed by atoms with E-state index in [9.17, 15) is 5.26 Å². The lowest BCUT2D eigenvalue weighted by Crippen LogP contribution is -2.34. The van der Waals surface area contributed by atoms with E-state index in [1.54, 1.807) is 0 Å². The molecule has 0 amide bonds. The monoisotopic (exact) mass is 504 g/mol. The van der Waals surface area contributed by atoms with E-state index in [4.69, 9.17) is 9.72 Å². The van der Waals surface area contributed by atoms with Gasteiger partial charge in [-0.15, -0.1) is 5.10 Å². The van der Waals surface area contributed by atoms with Crippen LogP contribution < -0.4 is 4.74 Å². The molecule has 190 valence electrons. The second kappa shape index (κ2) is 9.23. The van der Waals surface area contributed by atoms with Crippen molar-refractivity contribution < 1.29 is 4.74 Å². The van der Waals surface area contributed by atoms with Crippen molar-refractivity contribution in [3.05, 3.63) is 60.7 Å². The summed E-state index contributed by atoms with van der Waals surface area (Å²) in [6.45, 7) is 2.85. The lowest BCUT2D eigenvalue weighted by atomic mass is 9.98. The number of rotatable bonds is 6. The molecule has 4 aromatic heterocycles. The summed E-state index contributed by atoms with van der Waals surface area (Å²) in [5.74, 6) is 1.29. The zero-order valence-corrected chi connectivity index (χ0v) is 21.3. The number of imidazole rings is 1. The highest BCUT2D eigenvalue weighted by atomic mass is 16.5. The third kappa shape index (κ3) is 4.07. The Bertz CT molecular complexity index is 1680. The summed E-state index contributed by atoms with van der Waals surface area (Å²) in [6, 6.07) is 14.4. The molecule has 0 spiro atoms. The first kappa shape index (κ1) is 22.9. The van der Waals surface area contributed by atoms with Crippen LogP contribution in [0, 0.1) is 17.2 Å². The largest absolute Gasteiger partial charge is 0.491 e. The molecule has 1 aliphatic carbocycles. The number of pyridine rings is 2. The number of hydrogen-bond donors (Lipinski definition) is 0. The Labute approximate surface area is 220 Å². The summed E-state index contributed by atoms with van der Waals surface area (Å²) in [4.78, 5) is 11.7. The van der Waals surface area contributed by atoms with Crippen molar-refractivity contribution in [3.8, 4) is 34.2 Å². The highest BCUT2D eigenvalue weighted by Crippen LogP contribution is 2.40. The Kier molecular flexibility index (Phi) is 5.55. The van der Waals surface area contributed by atoms with Crippen LogP contribution in [0.5, 0.6) is 5.75 Å². The molecule has 7 rings (SSSR count). The SMILES string of the molecule is CN1CCCC(COc2cc(-c3ccc(C#N)cc3)c(-c3cnc4c(c3)nnn4C3CC3)n3cncc23)C1. The van der Waals surface area contributed by atoms with E-state index in [1.165, 1.54) is 12.8 Å². The zero-order chi connectivity index (χ0) is 25.6. The highest BCUT2D eigenvalue weighted by molar-refractivity contribution is 5.88. The Balaban J connectivity index is 1.35. The van der Waals surface area contributed by atoms with Crippen LogP contribution >= 0.6 is 0 Å². The Morgan fingerprint density at radius 3 is 2.74 bits per heavy atom. The van der Waals surface area contributed by atoms with Crippen LogP contribution in [0.2, 0.25) is 0 Å². The molecule has 2 aliphatic rings. The van der Waals surface area contributed by atoms with Crippen molar-refractivity contribution in [2.24, 2.45) is 5.92 Å². The van der Waals surface area contributed by atoms with Crippen LogP contribution in [0.1, 0.15) is 37.3 Å². The third-order valence-electron chi connectivity index (χ3n) is 7.66. The van der Waals surface area contributed by atoms with Gasteiger partial charge in [0.25, 0.3) is 0 Å². The number of aromatic nitrogens is 6. The van der Waals surface area contributed by atoms with Crippen LogP contribution in [0.15, 0.2) is 55.1 Å². The van der Waals surface area contributed by atoms with Crippen molar-refractivity contribution in [1.82, 2.24) is 34.3 Å². The molecule has 5 heterocycles. The van der Waals surface area contributed by atoms with Gasteiger partial charge in [0.1, 0.15) is 16.8 Å². The fourth-order valence-corrected chi connectivity index (χ4v) is 5.56. The molecule has 1 saturated carbocycles. The second-order valence-corrected chi connectivity index (χ2v) is 10.5. The fraction of sp³-hybridized carbons (Fsp3) is 0.345. The molecular weight excluding hydrogens is 476 g/mol. The maximum Gasteiger partial charge on any atom is 0.178 e. The molecule has 38 heavy (non-hydrogen) atoms. The molecule has 1 aliphatic heterocycles. The van der Waals surface area contributed by atoms with Gasteiger partial charge in [-0.2, -0.15) is 5.26 Å². The van der Waals surface area contributed by atoms with Crippen LogP contribution in [0.4, 0.5) is 0 Å². The van der Waals surface area contributed by atoms with Gasteiger partial charge in [0.2, 0.25) is 0 Å². The number of piperidine rings is 1. The molecule has 0 bridgehead atoms. The van der Waals surface area contributed by atoms with Gasteiger partial charge in [-0.05, 0) is 69.1 Å². The topological polar surface area (TPSA) is 97.2 Å². The van der Waals surface area contributed by atoms with Gasteiger partial charge < -0.3 is 9.64 Å². The van der Waals surface area contributed by atoms with E-state index >= 15 is 0 Å². The molecule has 0 N–H and O–H groups in total. The first-order chi connectivity index (χ1) is 18.7.